The molecule has 0 aliphatic rings. The molecule has 0 aliphatic carbocycles. The fraction of sp³-hybridized carbons (Fsp3) is 0.385. The van der Waals surface area contributed by atoms with Gasteiger partial charge in [-0.05, 0) is 18.1 Å². The van der Waals surface area contributed by atoms with Crippen LogP contribution in [0.2, 0.25) is 0 Å². The van der Waals surface area contributed by atoms with Gasteiger partial charge in [0.2, 0.25) is 5.91 Å². The average molecular weight is 249 g/mol. The van der Waals surface area contributed by atoms with Crippen LogP contribution in [0.1, 0.15) is 13.8 Å². The molecule has 1 rings (SSSR count). The lowest BCUT2D eigenvalue weighted by Crippen LogP contribution is -2.41. The molecule has 0 heterocycles. The SMILES string of the molecule is CC(C)CNC(=O)NCC(=O)Nc1ccccc1. The largest absolute Gasteiger partial charge is 0.338 e. The Labute approximate surface area is 107 Å². The van der Waals surface area contributed by atoms with Crippen molar-refractivity contribution in [3.63, 3.8) is 0 Å². The van der Waals surface area contributed by atoms with Gasteiger partial charge in [0.25, 0.3) is 0 Å². The van der Waals surface area contributed by atoms with Gasteiger partial charge >= 0.3 is 6.03 Å². The summed E-state index contributed by atoms with van der Waals surface area (Å²) in [6.07, 6.45) is 0. The van der Waals surface area contributed by atoms with Crippen LogP contribution in [0.25, 0.3) is 0 Å². The molecule has 3 N–H and O–H groups in total. The van der Waals surface area contributed by atoms with Crippen molar-refractivity contribution in [3.8, 4) is 0 Å². The second-order valence-electron chi connectivity index (χ2n) is 4.37. The van der Waals surface area contributed by atoms with E-state index >= 15 is 0 Å². The highest BCUT2D eigenvalue weighted by atomic mass is 16.2. The fourth-order valence-electron chi connectivity index (χ4n) is 1.25. The number of para-hydroxylation sites is 1. The van der Waals surface area contributed by atoms with Gasteiger partial charge in [-0.15, -0.1) is 0 Å². The molecule has 5 heteroatoms. The zero-order chi connectivity index (χ0) is 13.4. The van der Waals surface area contributed by atoms with E-state index in [-0.39, 0.29) is 18.5 Å². The smallest absolute Gasteiger partial charge is 0.315 e. The highest BCUT2D eigenvalue weighted by Gasteiger charge is 2.05. The summed E-state index contributed by atoms with van der Waals surface area (Å²) in [7, 11) is 0. The van der Waals surface area contributed by atoms with Gasteiger partial charge in [-0.2, -0.15) is 0 Å². The van der Waals surface area contributed by atoms with E-state index in [1.165, 1.54) is 0 Å². The Morgan fingerprint density at radius 1 is 1.11 bits per heavy atom. The maximum Gasteiger partial charge on any atom is 0.315 e. The standard InChI is InChI=1S/C13H19N3O2/c1-10(2)8-14-13(18)15-9-12(17)16-11-6-4-3-5-7-11/h3-7,10H,8-9H2,1-2H3,(H,16,17)(H2,14,15,18). The van der Waals surface area contributed by atoms with E-state index in [1.807, 2.05) is 32.0 Å². The van der Waals surface area contributed by atoms with E-state index in [4.69, 9.17) is 0 Å². The van der Waals surface area contributed by atoms with Crippen molar-refractivity contribution in [1.29, 1.82) is 0 Å². The van der Waals surface area contributed by atoms with Crippen LogP contribution in [0.5, 0.6) is 0 Å². The molecule has 0 unspecified atom stereocenters. The van der Waals surface area contributed by atoms with Gasteiger partial charge in [-0.25, -0.2) is 4.79 Å². The lowest BCUT2D eigenvalue weighted by molar-refractivity contribution is -0.115. The summed E-state index contributed by atoms with van der Waals surface area (Å²) in [6.45, 7) is 4.55. The predicted molar refractivity (Wildman–Crippen MR) is 71.3 cm³/mol. The van der Waals surface area contributed by atoms with Crippen LogP contribution in [0.4, 0.5) is 10.5 Å². The van der Waals surface area contributed by atoms with Crippen molar-refractivity contribution >= 4 is 17.6 Å². The van der Waals surface area contributed by atoms with E-state index < -0.39 is 0 Å². The molecular formula is C13H19N3O2. The van der Waals surface area contributed by atoms with Crippen molar-refractivity contribution in [1.82, 2.24) is 10.6 Å². The zero-order valence-corrected chi connectivity index (χ0v) is 10.7. The molecule has 3 amide bonds. The first kappa shape index (κ1) is 14.0. The Balaban J connectivity index is 2.23. The van der Waals surface area contributed by atoms with Crippen molar-refractivity contribution in [3.05, 3.63) is 30.3 Å². The molecule has 1 aromatic carbocycles. The third kappa shape index (κ3) is 5.89. The normalized spacial score (nSPS) is 9.94. The Hall–Kier alpha value is -2.04. The molecule has 1 aromatic rings. The molecule has 0 fully saturated rings. The van der Waals surface area contributed by atoms with Gasteiger partial charge in [-0.1, -0.05) is 32.0 Å². The van der Waals surface area contributed by atoms with E-state index in [2.05, 4.69) is 16.0 Å². The minimum atomic E-state index is -0.327. The first-order valence-corrected chi connectivity index (χ1v) is 5.94. The van der Waals surface area contributed by atoms with E-state index in [1.54, 1.807) is 12.1 Å². The molecule has 0 aromatic heterocycles. The molecule has 98 valence electrons. The number of hydrogen-bond acceptors (Lipinski definition) is 2. The van der Waals surface area contributed by atoms with Crippen LogP contribution in [-0.2, 0) is 4.79 Å². The zero-order valence-electron chi connectivity index (χ0n) is 10.7. The molecule has 0 saturated heterocycles. The summed E-state index contributed by atoms with van der Waals surface area (Å²) in [6, 6.07) is 8.78. The van der Waals surface area contributed by atoms with Crippen LogP contribution in [0.3, 0.4) is 0 Å². The van der Waals surface area contributed by atoms with Gasteiger partial charge in [0.15, 0.2) is 0 Å². The average Bonchev–Trinajstić information content (AvgIpc) is 2.35. The number of amides is 3. The number of carbonyl (C=O) groups excluding carboxylic acids is 2. The third-order valence-electron chi connectivity index (χ3n) is 2.14. The number of hydrogen-bond donors (Lipinski definition) is 3. The molecule has 0 spiro atoms. The molecule has 0 atom stereocenters. The quantitative estimate of drug-likeness (QED) is 0.741. The first-order chi connectivity index (χ1) is 8.58. The number of anilines is 1. The topological polar surface area (TPSA) is 70.2 Å². The van der Waals surface area contributed by atoms with Gasteiger partial charge in [0.1, 0.15) is 0 Å². The molecule has 0 bridgehead atoms. The number of nitrogens with one attached hydrogen (secondary N) is 3. The predicted octanol–water partition coefficient (Wildman–Crippen LogP) is 1.58. The summed E-state index contributed by atoms with van der Waals surface area (Å²) >= 11 is 0. The second kappa shape index (κ2) is 7.32. The van der Waals surface area contributed by atoms with Crippen molar-refractivity contribution in [2.75, 3.05) is 18.4 Å². The second-order valence-corrected chi connectivity index (χ2v) is 4.37. The fourth-order valence-corrected chi connectivity index (χ4v) is 1.25. The van der Waals surface area contributed by atoms with Crippen LogP contribution in [0, 0.1) is 5.92 Å². The summed E-state index contributed by atoms with van der Waals surface area (Å²) in [5, 5.41) is 7.85. The van der Waals surface area contributed by atoms with Gasteiger partial charge in [-0.3, -0.25) is 4.79 Å². The summed E-state index contributed by atoms with van der Waals surface area (Å²) in [4.78, 5) is 22.8. The van der Waals surface area contributed by atoms with Gasteiger partial charge in [0.05, 0.1) is 6.54 Å². The Morgan fingerprint density at radius 3 is 2.39 bits per heavy atom. The Bertz CT molecular complexity index is 390. The lowest BCUT2D eigenvalue weighted by atomic mass is 10.2. The molecular weight excluding hydrogens is 230 g/mol. The molecule has 18 heavy (non-hydrogen) atoms. The van der Waals surface area contributed by atoms with E-state index in [0.717, 1.165) is 0 Å². The number of rotatable bonds is 5. The van der Waals surface area contributed by atoms with Crippen molar-refractivity contribution < 1.29 is 9.59 Å². The number of carbonyl (C=O) groups is 2. The minimum Gasteiger partial charge on any atom is -0.338 e. The van der Waals surface area contributed by atoms with Crippen molar-refractivity contribution in [2.24, 2.45) is 5.92 Å². The summed E-state index contributed by atoms with van der Waals surface area (Å²) in [5.74, 6) is 0.134. The van der Waals surface area contributed by atoms with Crippen LogP contribution < -0.4 is 16.0 Å². The first-order valence-electron chi connectivity index (χ1n) is 5.94. The van der Waals surface area contributed by atoms with Crippen molar-refractivity contribution in [2.45, 2.75) is 13.8 Å². The van der Waals surface area contributed by atoms with Crippen LogP contribution in [0.15, 0.2) is 30.3 Å². The molecule has 5 nitrogen and oxygen atoms in total. The summed E-state index contributed by atoms with van der Waals surface area (Å²) < 4.78 is 0. The van der Waals surface area contributed by atoms with Gasteiger partial charge < -0.3 is 16.0 Å². The Morgan fingerprint density at radius 2 is 1.78 bits per heavy atom. The highest BCUT2D eigenvalue weighted by molar-refractivity contribution is 5.94. The number of urea groups is 1. The maximum absolute atomic E-state index is 11.5. The highest BCUT2D eigenvalue weighted by Crippen LogP contribution is 2.03. The Kier molecular flexibility index (Phi) is 5.70. The van der Waals surface area contributed by atoms with Crippen LogP contribution in [-0.4, -0.2) is 25.0 Å². The maximum atomic E-state index is 11.5. The number of benzene rings is 1. The van der Waals surface area contributed by atoms with E-state index in [9.17, 15) is 9.59 Å². The molecule has 0 radical (unpaired) electrons. The lowest BCUT2D eigenvalue weighted by Gasteiger charge is -2.09. The van der Waals surface area contributed by atoms with E-state index in [0.29, 0.717) is 18.2 Å². The molecule has 0 aliphatic heterocycles. The minimum absolute atomic E-state index is 0.0428. The monoisotopic (exact) mass is 249 g/mol. The van der Waals surface area contributed by atoms with Gasteiger partial charge in [0, 0.05) is 12.2 Å². The summed E-state index contributed by atoms with van der Waals surface area (Å²) in [5.41, 5.74) is 0.715. The molecule has 0 saturated carbocycles. The third-order valence-corrected chi connectivity index (χ3v) is 2.14. The van der Waals surface area contributed by atoms with Crippen LogP contribution >= 0.6 is 0 Å².